The molecule has 20 heavy (non-hydrogen) atoms. The van der Waals surface area contributed by atoms with E-state index in [1.165, 1.54) is 5.69 Å². The molecule has 0 aromatic heterocycles. The predicted molar refractivity (Wildman–Crippen MR) is 80.7 cm³/mol. The number of anilines is 1. The van der Waals surface area contributed by atoms with Gasteiger partial charge in [-0.15, -0.1) is 0 Å². The molecule has 1 heterocycles. The van der Waals surface area contributed by atoms with Crippen LogP contribution in [-0.4, -0.2) is 24.8 Å². The molecule has 0 radical (unpaired) electrons. The summed E-state index contributed by atoms with van der Waals surface area (Å²) in [7, 11) is 0. The van der Waals surface area contributed by atoms with Gasteiger partial charge in [-0.1, -0.05) is 24.3 Å². The zero-order chi connectivity index (χ0) is 13.9. The van der Waals surface area contributed by atoms with E-state index in [9.17, 15) is 10.4 Å². The van der Waals surface area contributed by atoms with Crippen LogP contribution in [0.3, 0.4) is 0 Å². The van der Waals surface area contributed by atoms with Gasteiger partial charge in [0.2, 0.25) is 0 Å². The van der Waals surface area contributed by atoms with Crippen LogP contribution >= 0.6 is 0 Å². The van der Waals surface area contributed by atoms with E-state index in [0.29, 0.717) is 5.92 Å². The van der Waals surface area contributed by atoms with Crippen molar-refractivity contribution in [1.29, 1.82) is 5.26 Å². The van der Waals surface area contributed by atoms with E-state index in [1.807, 2.05) is 30.3 Å². The van der Waals surface area contributed by atoms with Crippen molar-refractivity contribution < 1.29 is 5.11 Å². The van der Waals surface area contributed by atoms with Crippen LogP contribution in [0.25, 0.3) is 10.8 Å². The van der Waals surface area contributed by atoms with Crippen LogP contribution in [0.1, 0.15) is 18.4 Å². The summed E-state index contributed by atoms with van der Waals surface area (Å²) in [5.74, 6) is 0.359. The standard InChI is InChI=1S/C17H18N2O/c18-10-14-7-8-17(16-6-2-1-5-15(14)16)19-9-3-4-13(11-19)12-20/h1-2,5-8,13,20H,3-4,9,11-12H2. The second-order valence-electron chi connectivity index (χ2n) is 5.43. The summed E-state index contributed by atoms with van der Waals surface area (Å²) in [4.78, 5) is 2.34. The number of aliphatic hydroxyl groups is 1. The van der Waals surface area contributed by atoms with Gasteiger partial charge in [0.15, 0.2) is 0 Å². The lowest BCUT2D eigenvalue weighted by Crippen LogP contribution is -2.36. The van der Waals surface area contributed by atoms with Gasteiger partial charge in [-0.05, 0) is 30.9 Å². The number of benzene rings is 2. The maximum absolute atomic E-state index is 9.38. The molecule has 3 nitrogen and oxygen atoms in total. The zero-order valence-electron chi connectivity index (χ0n) is 11.4. The molecular weight excluding hydrogens is 248 g/mol. The minimum Gasteiger partial charge on any atom is -0.396 e. The highest BCUT2D eigenvalue weighted by Crippen LogP contribution is 2.32. The second kappa shape index (κ2) is 5.52. The Morgan fingerprint density at radius 3 is 2.75 bits per heavy atom. The molecule has 1 N–H and O–H groups in total. The Bertz CT molecular complexity index is 660. The minimum atomic E-state index is 0.255. The number of fused-ring (bicyclic) bond motifs is 1. The van der Waals surface area contributed by atoms with Crippen LogP contribution in [0.2, 0.25) is 0 Å². The lowest BCUT2D eigenvalue weighted by atomic mass is 9.96. The first-order valence-electron chi connectivity index (χ1n) is 7.11. The molecule has 0 spiro atoms. The van der Waals surface area contributed by atoms with Gasteiger partial charge in [-0.2, -0.15) is 5.26 Å². The number of rotatable bonds is 2. The summed E-state index contributed by atoms with van der Waals surface area (Å²) in [6, 6.07) is 14.3. The van der Waals surface area contributed by atoms with Gasteiger partial charge in [0.25, 0.3) is 0 Å². The van der Waals surface area contributed by atoms with Crippen LogP contribution in [0, 0.1) is 17.2 Å². The third kappa shape index (κ3) is 2.23. The average Bonchev–Trinajstić information content (AvgIpc) is 2.54. The van der Waals surface area contributed by atoms with E-state index < -0.39 is 0 Å². The Labute approximate surface area is 119 Å². The smallest absolute Gasteiger partial charge is 0.0998 e. The van der Waals surface area contributed by atoms with Gasteiger partial charge >= 0.3 is 0 Å². The van der Waals surface area contributed by atoms with Crippen molar-refractivity contribution in [3.63, 3.8) is 0 Å². The first-order chi connectivity index (χ1) is 9.83. The second-order valence-corrected chi connectivity index (χ2v) is 5.43. The number of piperidine rings is 1. The lowest BCUT2D eigenvalue weighted by molar-refractivity contribution is 0.209. The Kier molecular flexibility index (Phi) is 3.58. The van der Waals surface area contributed by atoms with Crippen molar-refractivity contribution in [2.45, 2.75) is 12.8 Å². The summed E-state index contributed by atoms with van der Waals surface area (Å²) in [5.41, 5.74) is 1.90. The Morgan fingerprint density at radius 2 is 2.00 bits per heavy atom. The summed E-state index contributed by atoms with van der Waals surface area (Å²) in [6.45, 7) is 2.17. The molecule has 1 saturated heterocycles. The fraction of sp³-hybridized carbons (Fsp3) is 0.353. The molecule has 102 valence electrons. The highest BCUT2D eigenvalue weighted by atomic mass is 16.3. The van der Waals surface area contributed by atoms with Gasteiger partial charge < -0.3 is 10.0 Å². The molecule has 2 aromatic carbocycles. The van der Waals surface area contributed by atoms with E-state index in [0.717, 1.165) is 42.3 Å². The quantitative estimate of drug-likeness (QED) is 0.909. The molecule has 3 heteroatoms. The van der Waals surface area contributed by atoms with Crippen molar-refractivity contribution in [3.8, 4) is 6.07 Å². The SMILES string of the molecule is N#Cc1ccc(N2CCCC(CO)C2)c2ccccc12. The van der Waals surface area contributed by atoms with Gasteiger partial charge in [0.1, 0.15) is 0 Å². The first-order valence-corrected chi connectivity index (χ1v) is 7.11. The monoisotopic (exact) mass is 266 g/mol. The third-order valence-corrected chi connectivity index (χ3v) is 4.14. The summed E-state index contributed by atoms with van der Waals surface area (Å²) in [5, 5.41) is 20.7. The van der Waals surface area contributed by atoms with Crippen molar-refractivity contribution in [2.24, 2.45) is 5.92 Å². The Balaban J connectivity index is 2.06. The zero-order valence-corrected chi connectivity index (χ0v) is 11.4. The molecular formula is C17H18N2O. The average molecular weight is 266 g/mol. The van der Waals surface area contributed by atoms with Gasteiger partial charge in [-0.3, -0.25) is 0 Å². The van der Waals surface area contributed by atoms with E-state index in [2.05, 4.69) is 17.0 Å². The summed E-state index contributed by atoms with van der Waals surface area (Å²) >= 11 is 0. The number of hydrogen-bond donors (Lipinski definition) is 1. The van der Waals surface area contributed by atoms with Gasteiger partial charge in [-0.25, -0.2) is 0 Å². The number of hydrogen-bond acceptors (Lipinski definition) is 3. The first kappa shape index (κ1) is 13.0. The van der Waals surface area contributed by atoms with E-state index in [-0.39, 0.29) is 6.61 Å². The molecule has 0 bridgehead atoms. The molecule has 1 fully saturated rings. The molecule has 1 aliphatic rings. The summed E-state index contributed by atoms with van der Waals surface area (Å²) < 4.78 is 0. The highest BCUT2D eigenvalue weighted by Gasteiger charge is 2.21. The van der Waals surface area contributed by atoms with Crippen LogP contribution in [-0.2, 0) is 0 Å². The number of aliphatic hydroxyl groups excluding tert-OH is 1. The molecule has 3 rings (SSSR count). The highest BCUT2D eigenvalue weighted by molar-refractivity contribution is 5.97. The lowest BCUT2D eigenvalue weighted by Gasteiger charge is -2.34. The fourth-order valence-electron chi connectivity index (χ4n) is 3.09. The van der Waals surface area contributed by atoms with Gasteiger partial charge in [0.05, 0.1) is 11.6 Å². The van der Waals surface area contributed by atoms with Crippen molar-refractivity contribution >= 4 is 16.5 Å². The van der Waals surface area contributed by atoms with Crippen LogP contribution in [0.15, 0.2) is 36.4 Å². The number of nitrogens with zero attached hydrogens (tertiary/aromatic N) is 2. The normalized spacial score (nSPS) is 19.0. The maximum Gasteiger partial charge on any atom is 0.0998 e. The molecule has 1 unspecified atom stereocenters. The number of nitriles is 1. The summed E-state index contributed by atoms with van der Waals surface area (Å²) in [6.07, 6.45) is 2.21. The van der Waals surface area contributed by atoms with Crippen LogP contribution in [0.4, 0.5) is 5.69 Å². The maximum atomic E-state index is 9.38. The molecule has 0 amide bonds. The van der Waals surface area contributed by atoms with E-state index in [1.54, 1.807) is 0 Å². The van der Waals surface area contributed by atoms with Gasteiger partial charge in [0, 0.05) is 36.2 Å². The van der Waals surface area contributed by atoms with Crippen LogP contribution < -0.4 is 4.90 Å². The van der Waals surface area contributed by atoms with Crippen molar-refractivity contribution in [2.75, 3.05) is 24.6 Å². The predicted octanol–water partition coefficient (Wildman–Crippen LogP) is 2.92. The fourth-order valence-corrected chi connectivity index (χ4v) is 3.09. The van der Waals surface area contributed by atoms with Crippen LogP contribution in [0.5, 0.6) is 0 Å². The molecule has 1 aliphatic heterocycles. The molecule has 0 aliphatic carbocycles. The topological polar surface area (TPSA) is 47.3 Å². The Hall–Kier alpha value is -2.05. The third-order valence-electron chi connectivity index (χ3n) is 4.14. The largest absolute Gasteiger partial charge is 0.396 e. The van der Waals surface area contributed by atoms with Crippen molar-refractivity contribution in [3.05, 3.63) is 42.0 Å². The van der Waals surface area contributed by atoms with Crippen molar-refractivity contribution in [1.82, 2.24) is 0 Å². The van der Waals surface area contributed by atoms with E-state index in [4.69, 9.17) is 0 Å². The van der Waals surface area contributed by atoms with E-state index >= 15 is 0 Å². The molecule has 0 saturated carbocycles. The minimum absolute atomic E-state index is 0.255. The molecule has 2 aromatic rings. The Morgan fingerprint density at radius 1 is 1.20 bits per heavy atom. The molecule has 1 atom stereocenters.